The van der Waals surface area contributed by atoms with Crippen molar-refractivity contribution in [1.82, 2.24) is 15.0 Å². The van der Waals surface area contributed by atoms with Crippen LogP contribution in [0.15, 0.2) is 22.4 Å². The maximum atomic E-state index is 11.6. The first-order valence-corrected chi connectivity index (χ1v) is 5.76. The highest BCUT2D eigenvalue weighted by Crippen LogP contribution is 2.23. The van der Waals surface area contributed by atoms with Crippen LogP contribution in [-0.2, 0) is 0 Å². The van der Waals surface area contributed by atoms with Gasteiger partial charge in [-0.1, -0.05) is 11.3 Å². The number of hydrogen-bond acceptors (Lipinski definition) is 6. The van der Waals surface area contributed by atoms with Crippen LogP contribution >= 0.6 is 27.3 Å². The molecular weight excluding hydrogens is 294 g/mol. The number of amides is 1. The van der Waals surface area contributed by atoms with E-state index >= 15 is 0 Å². The van der Waals surface area contributed by atoms with Gasteiger partial charge in [0.1, 0.15) is 11.5 Å². The highest BCUT2D eigenvalue weighted by atomic mass is 79.9. The predicted molar refractivity (Wildman–Crippen MR) is 64.2 cm³/mol. The minimum Gasteiger partial charge on any atom is -0.382 e. The van der Waals surface area contributed by atoms with Crippen molar-refractivity contribution in [2.45, 2.75) is 0 Å². The summed E-state index contributed by atoms with van der Waals surface area (Å²) in [5, 5.41) is 3.09. The van der Waals surface area contributed by atoms with E-state index in [-0.39, 0.29) is 17.4 Å². The van der Waals surface area contributed by atoms with E-state index in [0.717, 1.165) is 3.79 Å². The fourth-order valence-corrected chi connectivity index (χ4v) is 2.03. The van der Waals surface area contributed by atoms with Crippen molar-refractivity contribution in [3.05, 3.63) is 28.1 Å². The Bertz CT molecular complexity index is 511. The van der Waals surface area contributed by atoms with Crippen LogP contribution in [0.5, 0.6) is 0 Å². The fourth-order valence-electron chi connectivity index (χ4n) is 0.929. The molecule has 0 saturated heterocycles. The standard InChI is InChI=1S/C8H6BrN5OS/c9-5-2-13-8(16-5)14-7(15)4-1-12-6(10)3-11-4/h1-3H,(H2,10,12)(H,13,14,15). The molecule has 2 heterocycles. The number of nitrogens with one attached hydrogen (secondary N) is 1. The molecule has 0 aliphatic rings. The lowest BCUT2D eigenvalue weighted by molar-refractivity contribution is 0.102. The molecule has 0 unspecified atom stereocenters. The summed E-state index contributed by atoms with van der Waals surface area (Å²) >= 11 is 4.56. The van der Waals surface area contributed by atoms with Crippen LogP contribution in [0.2, 0.25) is 0 Å². The lowest BCUT2D eigenvalue weighted by Gasteiger charge is -1.99. The summed E-state index contributed by atoms with van der Waals surface area (Å²) in [4.78, 5) is 23.2. The minimum absolute atomic E-state index is 0.195. The number of nitrogen functional groups attached to an aromatic ring is 1. The van der Waals surface area contributed by atoms with E-state index in [4.69, 9.17) is 5.73 Å². The largest absolute Gasteiger partial charge is 0.382 e. The number of carbonyl (C=O) groups is 1. The second kappa shape index (κ2) is 4.54. The van der Waals surface area contributed by atoms with Crippen LogP contribution in [0.25, 0.3) is 0 Å². The molecule has 0 aromatic carbocycles. The highest BCUT2D eigenvalue weighted by Gasteiger charge is 2.09. The Kier molecular flexibility index (Phi) is 3.11. The van der Waals surface area contributed by atoms with Gasteiger partial charge in [0.25, 0.3) is 5.91 Å². The quantitative estimate of drug-likeness (QED) is 0.877. The van der Waals surface area contributed by atoms with Crippen LogP contribution in [0, 0.1) is 0 Å². The lowest BCUT2D eigenvalue weighted by Crippen LogP contribution is -2.14. The van der Waals surface area contributed by atoms with Crippen LogP contribution in [0.3, 0.4) is 0 Å². The smallest absolute Gasteiger partial charge is 0.277 e. The van der Waals surface area contributed by atoms with E-state index in [1.807, 2.05) is 0 Å². The monoisotopic (exact) mass is 299 g/mol. The van der Waals surface area contributed by atoms with Gasteiger partial charge in [0, 0.05) is 0 Å². The molecule has 0 radical (unpaired) electrons. The van der Waals surface area contributed by atoms with Gasteiger partial charge in [-0.05, 0) is 15.9 Å². The van der Waals surface area contributed by atoms with Gasteiger partial charge in [0.2, 0.25) is 0 Å². The van der Waals surface area contributed by atoms with Gasteiger partial charge in [-0.3, -0.25) is 10.1 Å². The number of nitrogens with zero attached hydrogens (tertiary/aromatic N) is 3. The molecule has 0 bridgehead atoms. The molecule has 2 aromatic heterocycles. The van der Waals surface area contributed by atoms with E-state index in [1.165, 1.54) is 23.7 Å². The summed E-state index contributed by atoms with van der Waals surface area (Å²) < 4.78 is 0.839. The molecule has 0 spiro atoms. The first kappa shape index (κ1) is 11.0. The van der Waals surface area contributed by atoms with E-state index in [2.05, 4.69) is 36.2 Å². The lowest BCUT2D eigenvalue weighted by atomic mass is 10.4. The van der Waals surface area contributed by atoms with Crippen molar-refractivity contribution >= 4 is 44.1 Å². The molecule has 0 atom stereocenters. The third kappa shape index (κ3) is 2.52. The van der Waals surface area contributed by atoms with Crippen LogP contribution < -0.4 is 11.1 Å². The Morgan fingerprint density at radius 1 is 1.31 bits per heavy atom. The van der Waals surface area contributed by atoms with Gasteiger partial charge >= 0.3 is 0 Å². The summed E-state index contributed by atoms with van der Waals surface area (Å²) in [5.41, 5.74) is 5.56. The highest BCUT2D eigenvalue weighted by molar-refractivity contribution is 9.11. The molecule has 82 valence electrons. The number of rotatable bonds is 2. The zero-order chi connectivity index (χ0) is 11.5. The average molecular weight is 300 g/mol. The average Bonchev–Trinajstić information content (AvgIpc) is 2.65. The topological polar surface area (TPSA) is 93.8 Å². The van der Waals surface area contributed by atoms with E-state index in [0.29, 0.717) is 5.13 Å². The van der Waals surface area contributed by atoms with Crippen molar-refractivity contribution in [2.24, 2.45) is 0 Å². The Morgan fingerprint density at radius 2 is 2.12 bits per heavy atom. The van der Waals surface area contributed by atoms with Crippen LogP contribution in [0.1, 0.15) is 10.5 Å². The van der Waals surface area contributed by atoms with Crippen molar-refractivity contribution in [2.75, 3.05) is 11.1 Å². The Hall–Kier alpha value is -1.54. The van der Waals surface area contributed by atoms with Crippen molar-refractivity contribution in [3.63, 3.8) is 0 Å². The number of hydrogen-bond donors (Lipinski definition) is 2. The second-order valence-corrected chi connectivity index (χ2v) is 5.16. The molecule has 6 nitrogen and oxygen atoms in total. The van der Waals surface area contributed by atoms with Gasteiger partial charge in [0.15, 0.2) is 5.13 Å². The Labute approximate surface area is 103 Å². The van der Waals surface area contributed by atoms with Crippen molar-refractivity contribution in [3.8, 4) is 0 Å². The first-order valence-electron chi connectivity index (χ1n) is 4.15. The normalized spacial score (nSPS) is 10.1. The summed E-state index contributed by atoms with van der Waals surface area (Å²) in [6.45, 7) is 0. The fraction of sp³-hybridized carbons (Fsp3) is 0. The van der Waals surface area contributed by atoms with E-state index in [1.54, 1.807) is 6.20 Å². The minimum atomic E-state index is -0.366. The summed E-state index contributed by atoms with van der Waals surface area (Å²) in [7, 11) is 0. The van der Waals surface area contributed by atoms with Crippen LogP contribution in [0.4, 0.5) is 10.9 Å². The van der Waals surface area contributed by atoms with Crippen LogP contribution in [-0.4, -0.2) is 20.9 Å². The number of thiazole rings is 1. The third-order valence-electron chi connectivity index (χ3n) is 1.60. The van der Waals surface area contributed by atoms with Gasteiger partial charge in [-0.15, -0.1) is 0 Å². The molecule has 0 aliphatic carbocycles. The van der Waals surface area contributed by atoms with Crippen molar-refractivity contribution < 1.29 is 4.79 Å². The first-order chi connectivity index (χ1) is 7.65. The number of aromatic nitrogens is 3. The molecule has 16 heavy (non-hydrogen) atoms. The molecule has 0 saturated carbocycles. The Balaban J connectivity index is 2.11. The molecule has 1 amide bonds. The van der Waals surface area contributed by atoms with Gasteiger partial charge in [-0.2, -0.15) is 0 Å². The summed E-state index contributed by atoms with van der Waals surface area (Å²) in [6, 6.07) is 0. The molecular formula is C8H6BrN5OS. The van der Waals surface area contributed by atoms with E-state index < -0.39 is 0 Å². The molecule has 0 aliphatic heterocycles. The van der Waals surface area contributed by atoms with Gasteiger partial charge in [-0.25, -0.2) is 15.0 Å². The van der Waals surface area contributed by atoms with Gasteiger partial charge in [0.05, 0.1) is 22.4 Å². The third-order valence-corrected chi connectivity index (χ3v) is 2.99. The summed E-state index contributed by atoms with van der Waals surface area (Å²) in [6.07, 6.45) is 4.24. The predicted octanol–water partition coefficient (Wildman–Crippen LogP) is 1.53. The number of halogens is 1. The molecule has 2 aromatic rings. The maximum absolute atomic E-state index is 11.6. The molecule has 8 heteroatoms. The molecule has 2 rings (SSSR count). The molecule has 3 N–H and O–H groups in total. The van der Waals surface area contributed by atoms with E-state index in [9.17, 15) is 4.79 Å². The second-order valence-electron chi connectivity index (χ2n) is 2.75. The zero-order valence-electron chi connectivity index (χ0n) is 7.85. The van der Waals surface area contributed by atoms with Gasteiger partial charge < -0.3 is 5.73 Å². The summed E-state index contributed by atoms with van der Waals surface area (Å²) in [5.74, 6) is -0.0945. The number of anilines is 2. The zero-order valence-corrected chi connectivity index (χ0v) is 10.2. The number of carbonyl (C=O) groups excluding carboxylic acids is 1. The SMILES string of the molecule is Nc1cnc(C(=O)Nc2ncc(Br)s2)cn1. The number of nitrogens with two attached hydrogens (primary N) is 1. The Morgan fingerprint density at radius 3 is 2.69 bits per heavy atom. The van der Waals surface area contributed by atoms with Crippen molar-refractivity contribution in [1.29, 1.82) is 0 Å². The maximum Gasteiger partial charge on any atom is 0.277 e. The molecule has 0 fully saturated rings.